The average Bonchev–Trinajstić information content (AvgIpc) is 3.13. The molecule has 11 atom stereocenters. The van der Waals surface area contributed by atoms with Crippen molar-refractivity contribution in [2.45, 2.75) is 197 Å². The minimum absolute atomic E-state index is 0.169. The third-order valence-electron chi connectivity index (χ3n) is 9.56. The van der Waals surface area contributed by atoms with Crippen molar-refractivity contribution in [3.8, 4) is 0 Å². The van der Waals surface area contributed by atoms with Crippen molar-refractivity contribution >= 4 is 11.9 Å². The number of aliphatic hydroxyl groups is 7. The van der Waals surface area contributed by atoms with Gasteiger partial charge in [-0.3, -0.25) is 9.59 Å². The van der Waals surface area contributed by atoms with Crippen LogP contribution in [0.3, 0.4) is 0 Å². The van der Waals surface area contributed by atoms with Gasteiger partial charge in [0.25, 0.3) is 0 Å². The molecule has 0 aliphatic carbocycles. The Bertz CT molecular complexity index is 939. The summed E-state index contributed by atoms with van der Waals surface area (Å²) in [4.78, 5) is 24.7. The number of esters is 2. The lowest BCUT2D eigenvalue weighted by Crippen LogP contribution is -2.61. The summed E-state index contributed by atoms with van der Waals surface area (Å²) in [5.41, 5.74) is 0. The van der Waals surface area contributed by atoms with E-state index in [-0.39, 0.29) is 26.1 Å². The minimum atomic E-state index is -1.75. The van der Waals surface area contributed by atoms with E-state index in [2.05, 4.69) is 6.92 Å². The summed E-state index contributed by atoms with van der Waals surface area (Å²) < 4.78 is 32.8. The normalized spacial score (nSPS) is 29.9. The molecule has 0 bridgehead atoms. The highest BCUT2D eigenvalue weighted by molar-refractivity contribution is 5.70. The molecule has 0 saturated carbocycles. The summed E-state index contributed by atoms with van der Waals surface area (Å²) in [6.45, 7) is 2.17. The van der Waals surface area contributed by atoms with E-state index >= 15 is 0 Å². The van der Waals surface area contributed by atoms with Crippen molar-refractivity contribution in [3.63, 3.8) is 0 Å². The zero-order valence-electron chi connectivity index (χ0n) is 31.3. The smallest absolute Gasteiger partial charge is 0.306 e. The quantitative estimate of drug-likeness (QED) is 0.0449. The molecule has 0 radical (unpaired) electrons. The fraction of sp³-hybridized carbons (Fsp3) is 0.946. The van der Waals surface area contributed by atoms with E-state index in [1.54, 1.807) is 0 Å². The van der Waals surface area contributed by atoms with E-state index in [9.17, 15) is 45.3 Å². The van der Waals surface area contributed by atoms with E-state index in [0.717, 1.165) is 19.3 Å². The maximum atomic E-state index is 12.7. The van der Waals surface area contributed by atoms with Gasteiger partial charge in [0.05, 0.1) is 19.8 Å². The van der Waals surface area contributed by atoms with E-state index in [0.29, 0.717) is 12.8 Å². The number of aliphatic hydroxyl groups excluding tert-OH is 7. The predicted octanol–water partition coefficient (Wildman–Crippen LogP) is 2.14. The minimum Gasteiger partial charge on any atom is -0.462 e. The molecule has 0 aromatic rings. The molecule has 306 valence electrons. The topological polar surface area (TPSA) is 231 Å². The van der Waals surface area contributed by atoms with Gasteiger partial charge in [-0.25, -0.2) is 0 Å². The molecule has 0 unspecified atom stereocenters. The van der Waals surface area contributed by atoms with Gasteiger partial charge in [-0.15, -0.1) is 0 Å². The maximum Gasteiger partial charge on any atom is 0.306 e. The van der Waals surface area contributed by atoms with Crippen LogP contribution in [0.4, 0.5) is 0 Å². The van der Waals surface area contributed by atoms with E-state index in [1.807, 2.05) is 6.92 Å². The lowest BCUT2D eigenvalue weighted by Gasteiger charge is -2.42. The van der Waals surface area contributed by atoms with Gasteiger partial charge in [0, 0.05) is 12.8 Å². The van der Waals surface area contributed by atoms with Crippen molar-refractivity contribution in [2.75, 3.05) is 26.4 Å². The molecule has 0 aromatic carbocycles. The van der Waals surface area contributed by atoms with Gasteiger partial charge < -0.3 is 64.2 Å². The summed E-state index contributed by atoms with van der Waals surface area (Å²) in [6.07, 6.45) is 2.10. The number of hydrogen-bond donors (Lipinski definition) is 7. The van der Waals surface area contributed by atoms with E-state index < -0.39 is 92.7 Å². The van der Waals surface area contributed by atoms with Crippen LogP contribution in [-0.2, 0) is 38.0 Å². The number of unbranched alkanes of at least 4 members (excludes halogenated alkanes) is 14. The Morgan fingerprint density at radius 1 is 0.538 bits per heavy atom. The van der Waals surface area contributed by atoms with Crippen molar-refractivity contribution in [1.29, 1.82) is 0 Å². The van der Waals surface area contributed by atoms with Crippen LogP contribution in [0.5, 0.6) is 0 Å². The Balaban J connectivity index is 1.77. The lowest BCUT2D eigenvalue weighted by atomic mass is 9.98. The van der Waals surface area contributed by atoms with Gasteiger partial charge in [0.15, 0.2) is 18.7 Å². The highest BCUT2D eigenvalue weighted by Gasteiger charge is 2.47. The zero-order chi connectivity index (χ0) is 38.3. The largest absolute Gasteiger partial charge is 0.462 e. The number of hydrogen-bond acceptors (Lipinski definition) is 15. The Labute approximate surface area is 308 Å². The van der Waals surface area contributed by atoms with Gasteiger partial charge in [-0.05, 0) is 12.8 Å². The Morgan fingerprint density at radius 2 is 1.02 bits per heavy atom. The second-order valence-corrected chi connectivity index (χ2v) is 14.1. The van der Waals surface area contributed by atoms with Crippen molar-refractivity contribution < 1.29 is 73.8 Å². The predicted molar refractivity (Wildman–Crippen MR) is 188 cm³/mol. The lowest BCUT2D eigenvalue weighted by molar-refractivity contribution is -0.332. The van der Waals surface area contributed by atoms with Crippen LogP contribution in [0.25, 0.3) is 0 Å². The van der Waals surface area contributed by atoms with Gasteiger partial charge >= 0.3 is 11.9 Å². The monoisotopic (exact) mass is 752 g/mol. The SMILES string of the molecule is CCCCCCCCCCCCCCCCCC(=O)O[C@H](COC(=O)CCC)CO[C@@H]1O[C@H](CO[C@H]2O[C@H](CO)[C@H](O)[C@H](O)[C@H]2O)[C@H](O)[C@H](O)[C@H]1O. The first kappa shape index (κ1) is 46.7. The molecular formula is C37H68O15. The molecule has 2 heterocycles. The molecule has 15 nitrogen and oxygen atoms in total. The van der Waals surface area contributed by atoms with E-state index in [1.165, 1.54) is 70.6 Å². The average molecular weight is 753 g/mol. The van der Waals surface area contributed by atoms with Gasteiger partial charge in [-0.1, -0.05) is 104 Å². The molecule has 2 fully saturated rings. The Morgan fingerprint density at radius 3 is 1.54 bits per heavy atom. The first-order chi connectivity index (χ1) is 25.0. The number of ether oxygens (including phenoxy) is 6. The third kappa shape index (κ3) is 17.3. The van der Waals surface area contributed by atoms with Crippen LogP contribution in [-0.4, -0.2) is 142 Å². The van der Waals surface area contributed by atoms with Crippen LogP contribution in [0, 0.1) is 0 Å². The summed E-state index contributed by atoms with van der Waals surface area (Å²) in [5.74, 6) is -0.981. The van der Waals surface area contributed by atoms with Crippen LogP contribution in [0.2, 0.25) is 0 Å². The molecule has 0 aromatic heterocycles. The maximum absolute atomic E-state index is 12.7. The van der Waals surface area contributed by atoms with E-state index in [4.69, 9.17) is 28.4 Å². The first-order valence-corrected chi connectivity index (χ1v) is 19.6. The highest BCUT2D eigenvalue weighted by Crippen LogP contribution is 2.26. The molecule has 0 amide bonds. The van der Waals surface area contributed by atoms with Crippen LogP contribution >= 0.6 is 0 Å². The number of carbonyl (C=O) groups excluding carboxylic acids is 2. The van der Waals surface area contributed by atoms with Crippen LogP contribution < -0.4 is 0 Å². The van der Waals surface area contributed by atoms with Crippen molar-refractivity contribution in [2.24, 2.45) is 0 Å². The van der Waals surface area contributed by atoms with Crippen molar-refractivity contribution in [3.05, 3.63) is 0 Å². The first-order valence-electron chi connectivity index (χ1n) is 19.6. The molecule has 0 spiro atoms. The zero-order valence-corrected chi connectivity index (χ0v) is 31.3. The Kier molecular flexibility index (Phi) is 24.3. The fourth-order valence-corrected chi connectivity index (χ4v) is 6.25. The molecular weight excluding hydrogens is 684 g/mol. The molecule has 52 heavy (non-hydrogen) atoms. The number of carbonyl (C=O) groups is 2. The van der Waals surface area contributed by atoms with Gasteiger partial charge in [0.2, 0.25) is 0 Å². The highest BCUT2D eigenvalue weighted by atomic mass is 16.7. The van der Waals surface area contributed by atoms with Gasteiger partial charge in [0.1, 0.15) is 55.4 Å². The van der Waals surface area contributed by atoms with Gasteiger partial charge in [-0.2, -0.15) is 0 Å². The van der Waals surface area contributed by atoms with Crippen LogP contribution in [0.15, 0.2) is 0 Å². The molecule has 2 saturated heterocycles. The third-order valence-corrected chi connectivity index (χ3v) is 9.56. The standard InChI is InChI=1S/C37H68O15/c1-3-5-6-7-8-9-10-11-12-13-14-15-16-17-18-20-29(40)50-25(22-47-28(39)19-4-2)23-48-36-35(46)33(44)31(42)27(52-36)24-49-37-34(45)32(43)30(41)26(21-38)51-37/h25-27,30-38,41-46H,3-24H2,1-2H3/t25-,26-,27-,30+,31+,32+,33+,34-,35-,36-,37+/m1/s1. The summed E-state index contributed by atoms with van der Waals surface area (Å²) >= 11 is 0. The fourth-order valence-electron chi connectivity index (χ4n) is 6.25. The molecule has 7 N–H and O–H groups in total. The summed E-state index contributed by atoms with van der Waals surface area (Å²) in [7, 11) is 0. The molecule has 15 heteroatoms. The summed E-state index contributed by atoms with van der Waals surface area (Å²) in [5, 5.41) is 71.1. The van der Waals surface area contributed by atoms with Crippen molar-refractivity contribution in [1.82, 2.24) is 0 Å². The Hall–Kier alpha value is -1.50. The summed E-state index contributed by atoms with van der Waals surface area (Å²) in [6, 6.07) is 0. The van der Waals surface area contributed by atoms with Crippen LogP contribution in [0.1, 0.15) is 129 Å². The second kappa shape index (κ2) is 27.1. The molecule has 2 aliphatic heterocycles. The molecule has 2 rings (SSSR count). The second-order valence-electron chi connectivity index (χ2n) is 14.1. The molecule has 2 aliphatic rings. The number of rotatable bonds is 28.